The summed E-state index contributed by atoms with van der Waals surface area (Å²) in [6.07, 6.45) is -3.70. The predicted molar refractivity (Wildman–Crippen MR) is 57.7 cm³/mol. The van der Waals surface area contributed by atoms with Gasteiger partial charge in [-0.3, -0.25) is 4.98 Å². The molecule has 0 atom stereocenters. The Hall–Kier alpha value is -1.67. The maximum absolute atomic E-state index is 12.3. The molecule has 2 rings (SSSR count). The number of nitrogens with two attached hydrogens (primary N) is 1. The van der Waals surface area contributed by atoms with Crippen LogP contribution in [0.5, 0.6) is 0 Å². The van der Waals surface area contributed by atoms with Gasteiger partial charge in [0.1, 0.15) is 5.69 Å². The van der Waals surface area contributed by atoms with Gasteiger partial charge in [-0.05, 0) is 12.1 Å². The highest BCUT2D eigenvalue weighted by Crippen LogP contribution is 2.29. The van der Waals surface area contributed by atoms with Crippen molar-refractivity contribution in [1.29, 1.82) is 0 Å². The fourth-order valence-corrected chi connectivity index (χ4v) is 1.13. The Morgan fingerprint density at radius 2 is 2.00 bits per heavy atom. The highest BCUT2D eigenvalue weighted by Gasteiger charge is 2.30. The van der Waals surface area contributed by atoms with Crippen LogP contribution in [0.1, 0.15) is 11.4 Å². The standard InChI is InChI=1S/C9H7F3N4O.ClH/c10-9(11,12)5-1-2-6(14-4-5)8-15-7(3-13)16-17-8;/h1-2,4H,3,13H2;1H. The van der Waals surface area contributed by atoms with Crippen LogP contribution in [0.2, 0.25) is 0 Å². The molecule has 0 aliphatic rings. The molecule has 0 unspecified atom stereocenters. The number of nitrogens with zero attached hydrogens (tertiary/aromatic N) is 3. The van der Waals surface area contributed by atoms with E-state index in [0.29, 0.717) is 6.20 Å². The monoisotopic (exact) mass is 280 g/mol. The summed E-state index contributed by atoms with van der Waals surface area (Å²) < 4.78 is 41.6. The molecule has 0 saturated heterocycles. The number of aromatic nitrogens is 3. The number of pyridine rings is 1. The summed E-state index contributed by atoms with van der Waals surface area (Å²) in [5, 5.41) is 3.51. The zero-order valence-corrected chi connectivity index (χ0v) is 9.63. The van der Waals surface area contributed by atoms with Crippen LogP contribution in [0.4, 0.5) is 13.2 Å². The molecular formula is C9H8ClF3N4O. The summed E-state index contributed by atoms with van der Waals surface area (Å²) in [5.74, 6) is 0.306. The van der Waals surface area contributed by atoms with Crippen LogP contribution in [-0.4, -0.2) is 15.1 Å². The van der Waals surface area contributed by atoms with Crippen molar-refractivity contribution in [3.63, 3.8) is 0 Å². The molecule has 18 heavy (non-hydrogen) atoms. The van der Waals surface area contributed by atoms with Crippen LogP contribution in [0, 0.1) is 0 Å². The van der Waals surface area contributed by atoms with Crippen molar-refractivity contribution in [2.45, 2.75) is 12.7 Å². The first kappa shape index (κ1) is 14.4. The van der Waals surface area contributed by atoms with E-state index >= 15 is 0 Å². The second-order valence-corrected chi connectivity index (χ2v) is 3.15. The quantitative estimate of drug-likeness (QED) is 0.911. The lowest BCUT2D eigenvalue weighted by atomic mass is 10.2. The van der Waals surface area contributed by atoms with E-state index in [1.165, 1.54) is 0 Å². The number of hydrogen-bond acceptors (Lipinski definition) is 5. The normalized spacial score (nSPS) is 11.1. The van der Waals surface area contributed by atoms with E-state index in [0.717, 1.165) is 12.1 Å². The lowest BCUT2D eigenvalue weighted by Gasteiger charge is -2.04. The largest absolute Gasteiger partial charge is 0.417 e. The van der Waals surface area contributed by atoms with Crippen LogP contribution in [0.3, 0.4) is 0 Å². The Balaban J connectivity index is 0.00000162. The Bertz CT molecular complexity index is 511. The molecule has 2 aromatic rings. The van der Waals surface area contributed by atoms with Gasteiger partial charge >= 0.3 is 6.18 Å². The summed E-state index contributed by atoms with van der Waals surface area (Å²) in [7, 11) is 0. The first-order chi connectivity index (χ1) is 8.00. The van der Waals surface area contributed by atoms with E-state index in [9.17, 15) is 13.2 Å². The zero-order chi connectivity index (χ0) is 12.5. The van der Waals surface area contributed by atoms with Crippen molar-refractivity contribution in [2.75, 3.05) is 0 Å². The average Bonchev–Trinajstić information content (AvgIpc) is 2.76. The molecular weight excluding hydrogens is 273 g/mol. The number of hydrogen-bond donors (Lipinski definition) is 1. The fraction of sp³-hybridized carbons (Fsp3) is 0.222. The lowest BCUT2D eigenvalue weighted by Crippen LogP contribution is -2.05. The second-order valence-electron chi connectivity index (χ2n) is 3.15. The maximum Gasteiger partial charge on any atom is 0.417 e. The minimum absolute atomic E-state index is 0. The third kappa shape index (κ3) is 2.96. The van der Waals surface area contributed by atoms with E-state index < -0.39 is 11.7 Å². The highest BCUT2D eigenvalue weighted by atomic mass is 35.5. The smallest absolute Gasteiger partial charge is 0.332 e. The molecule has 9 heteroatoms. The molecule has 0 fully saturated rings. The summed E-state index contributed by atoms with van der Waals surface area (Å²) >= 11 is 0. The summed E-state index contributed by atoms with van der Waals surface area (Å²) in [6, 6.07) is 2.06. The van der Waals surface area contributed by atoms with Gasteiger partial charge in [-0.1, -0.05) is 5.16 Å². The summed E-state index contributed by atoms with van der Waals surface area (Å²) in [6.45, 7) is 0.0874. The number of alkyl halides is 3. The second kappa shape index (κ2) is 5.32. The van der Waals surface area contributed by atoms with Crippen LogP contribution in [0.15, 0.2) is 22.9 Å². The molecule has 0 radical (unpaired) electrons. The molecule has 0 saturated carbocycles. The van der Waals surface area contributed by atoms with Gasteiger partial charge in [-0.15, -0.1) is 12.4 Å². The minimum Gasteiger partial charge on any atom is -0.332 e. The van der Waals surface area contributed by atoms with Gasteiger partial charge in [-0.2, -0.15) is 18.2 Å². The SMILES string of the molecule is Cl.NCc1noc(-c2ccc(C(F)(F)F)cn2)n1. The van der Waals surface area contributed by atoms with Crippen molar-refractivity contribution in [3.8, 4) is 11.6 Å². The first-order valence-electron chi connectivity index (χ1n) is 4.57. The Labute approximate surface area is 106 Å². The van der Waals surface area contributed by atoms with E-state index in [-0.39, 0.29) is 36.4 Å². The number of halogens is 4. The highest BCUT2D eigenvalue weighted by molar-refractivity contribution is 5.85. The molecule has 98 valence electrons. The van der Waals surface area contributed by atoms with Crippen molar-refractivity contribution in [2.24, 2.45) is 5.73 Å². The van der Waals surface area contributed by atoms with Crippen LogP contribution < -0.4 is 5.73 Å². The molecule has 0 aromatic carbocycles. The van der Waals surface area contributed by atoms with Gasteiger partial charge in [0.15, 0.2) is 5.82 Å². The summed E-state index contributed by atoms with van der Waals surface area (Å²) in [5.41, 5.74) is 4.61. The van der Waals surface area contributed by atoms with Gasteiger partial charge < -0.3 is 10.3 Å². The third-order valence-electron chi connectivity index (χ3n) is 1.96. The Kier molecular flexibility index (Phi) is 4.25. The number of rotatable bonds is 2. The average molecular weight is 281 g/mol. The van der Waals surface area contributed by atoms with Crippen molar-refractivity contribution in [1.82, 2.24) is 15.1 Å². The minimum atomic E-state index is -4.41. The van der Waals surface area contributed by atoms with Crippen LogP contribution in [0.25, 0.3) is 11.6 Å². The fourth-order valence-electron chi connectivity index (χ4n) is 1.13. The Morgan fingerprint density at radius 1 is 1.28 bits per heavy atom. The molecule has 0 aliphatic heterocycles. The lowest BCUT2D eigenvalue weighted by molar-refractivity contribution is -0.137. The van der Waals surface area contributed by atoms with E-state index in [1.807, 2.05) is 0 Å². The molecule has 0 aliphatic carbocycles. The van der Waals surface area contributed by atoms with Gasteiger partial charge in [0, 0.05) is 6.20 Å². The third-order valence-corrected chi connectivity index (χ3v) is 1.96. The maximum atomic E-state index is 12.3. The molecule has 0 amide bonds. The topological polar surface area (TPSA) is 77.8 Å². The van der Waals surface area contributed by atoms with Crippen molar-refractivity contribution in [3.05, 3.63) is 29.7 Å². The van der Waals surface area contributed by atoms with Crippen LogP contribution >= 0.6 is 12.4 Å². The van der Waals surface area contributed by atoms with Crippen molar-refractivity contribution >= 4 is 12.4 Å². The van der Waals surface area contributed by atoms with E-state index in [1.54, 1.807) is 0 Å². The molecule has 2 aromatic heterocycles. The van der Waals surface area contributed by atoms with Crippen molar-refractivity contribution < 1.29 is 17.7 Å². The molecule has 5 nitrogen and oxygen atoms in total. The van der Waals surface area contributed by atoms with Gasteiger partial charge in [0.2, 0.25) is 0 Å². The molecule has 0 bridgehead atoms. The van der Waals surface area contributed by atoms with Crippen LogP contribution in [-0.2, 0) is 12.7 Å². The van der Waals surface area contributed by atoms with Gasteiger partial charge in [-0.25, -0.2) is 0 Å². The molecule has 0 spiro atoms. The van der Waals surface area contributed by atoms with E-state index in [2.05, 4.69) is 15.1 Å². The Morgan fingerprint density at radius 3 is 2.44 bits per heavy atom. The molecule has 2 heterocycles. The summed E-state index contributed by atoms with van der Waals surface area (Å²) in [4.78, 5) is 7.45. The molecule has 2 N–H and O–H groups in total. The predicted octanol–water partition coefficient (Wildman–Crippen LogP) is 2.03. The van der Waals surface area contributed by atoms with Gasteiger partial charge in [0.05, 0.1) is 12.1 Å². The van der Waals surface area contributed by atoms with E-state index in [4.69, 9.17) is 10.3 Å². The van der Waals surface area contributed by atoms with Gasteiger partial charge in [0.25, 0.3) is 5.89 Å². The zero-order valence-electron chi connectivity index (χ0n) is 8.81. The first-order valence-corrected chi connectivity index (χ1v) is 4.57.